The summed E-state index contributed by atoms with van der Waals surface area (Å²) in [6.07, 6.45) is 2.15. The molecule has 150 valence electrons. The van der Waals surface area contributed by atoms with E-state index in [1.165, 1.54) is 22.4 Å². The summed E-state index contributed by atoms with van der Waals surface area (Å²) in [5.74, 6) is 1.43. The highest BCUT2D eigenvalue weighted by atomic mass is 127. The number of guanidine groups is 1. The van der Waals surface area contributed by atoms with E-state index in [1.807, 2.05) is 25.7 Å². The summed E-state index contributed by atoms with van der Waals surface area (Å²) in [6.45, 7) is 10.2. The van der Waals surface area contributed by atoms with Crippen molar-refractivity contribution >= 4 is 29.9 Å². The van der Waals surface area contributed by atoms with E-state index in [-0.39, 0.29) is 24.0 Å². The number of aryl methyl sites for hydroxylation is 3. The minimum atomic E-state index is 0. The molecular formula is C21H34IN5. The van der Waals surface area contributed by atoms with Gasteiger partial charge in [0.15, 0.2) is 5.96 Å². The molecule has 1 aromatic heterocycles. The maximum Gasteiger partial charge on any atom is 0.191 e. The lowest BCUT2D eigenvalue weighted by Gasteiger charge is -2.12. The number of hydrogen-bond acceptors (Lipinski definition) is 2. The topological polar surface area (TPSA) is 54.2 Å². The molecule has 0 aliphatic rings. The summed E-state index contributed by atoms with van der Waals surface area (Å²) in [4.78, 5) is 4.31. The third kappa shape index (κ3) is 6.83. The lowest BCUT2D eigenvalue weighted by molar-refractivity contribution is 0.726. The second-order valence-corrected chi connectivity index (χ2v) is 7.13. The van der Waals surface area contributed by atoms with Gasteiger partial charge in [0.25, 0.3) is 0 Å². The van der Waals surface area contributed by atoms with Crippen LogP contribution in [0, 0.1) is 13.8 Å². The Morgan fingerprint density at radius 2 is 1.81 bits per heavy atom. The summed E-state index contributed by atoms with van der Waals surface area (Å²) >= 11 is 0. The van der Waals surface area contributed by atoms with E-state index in [4.69, 9.17) is 0 Å². The van der Waals surface area contributed by atoms with Gasteiger partial charge in [-0.15, -0.1) is 24.0 Å². The van der Waals surface area contributed by atoms with Crippen LogP contribution in [0.5, 0.6) is 0 Å². The largest absolute Gasteiger partial charge is 0.356 e. The number of nitrogens with zero attached hydrogens (tertiary/aromatic N) is 3. The molecule has 27 heavy (non-hydrogen) atoms. The third-order valence-electron chi connectivity index (χ3n) is 4.90. The maximum absolute atomic E-state index is 4.46. The van der Waals surface area contributed by atoms with Gasteiger partial charge in [-0.1, -0.05) is 38.1 Å². The summed E-state index contributed by atoms with van der Waals surface area (Å²) < 4.78 is 1.92. The van der Waals surface area contributed by atoms with Crippen LogP contribution >= 0.6 is 24.0 Å². The van der Waals surface area contributed by atoms with Crippen molar-refractivity contribution in [1.29, 1.82) is 0 Å². The molecule has 6 heteroatoms. The fraction of sp³-hybridized carbons (Fsp3) is 0.524. The Labute approximate surface area is 181 Å². The maximum atomic E-state index is 4.46. The molecule has 0 spiro atoms. The van der Waals surface area contributed by atoms with Crippen molar-refractivity contribution in [1.82, 2.24) is 20.4 Å². The van der Waals surface area contributed by atoms with E-state index in [9.17, 15) is 0 Å². The van der Waals surface area contributed by atoms with Crippen LogP contribution in [0.25, 0.3) is 0 Å². The number of aliphatic imine (C=N–C) groups is 1. The molecule has 0 saturated heterocycles. The van der Waals surface area contributed by atoms with Crippen LogP contribution in [-0.2, 0) is 20.0 Å². The fourth-order valence-corrected chi connectivity index (χ4v) is 3.03. The zero-order chi connectivity index (χ0) is 19.1. The molecule has 1 heterocycles. The number of nitrogens with one attached hydrogen (secondary N) is 2. The molecule has 2 N–H and O–H groups in total. The Morgan fingerprint density at radius 1 is 1.15 bits per heavy atom. The van der Waals surface area contributed by atoms with E-state index in [0.717, 1.165) is 37.6 Å². The summed E-state index contributed by atoms with van der Waals surface area (Å²) in [5.41, 5.74) is 6.28. The van der Waals surface area contributed by atoms with Gasteiger partial charge in [0.2, 0.25) is 0 Å². The van der Waals surface area contributed by atoms with E-state index < -0.39 is 0 Å². The second-order valence-electron chi connectivity index (χ2n) is 7.13. The molecule has 0 aliphatic heterocycles. The van der Waals surface area contributed by atoms with Crippen molar-refractivity contribution < 1.29 is 0 Å². The molecule has 0 atom stereocenters. The molecule has 2 rings (SSSR count). The molecule has 0 unspecified atom stereocenters. The molecular weight excluding hydrogens is 449 g/mol. The van der Waals surface area contributed by atoms with Crippen LogP contribution in [0.15, 0.2) is 29.3 Å². The Kier molecular flexibility index (Phi) is 9.83. The van der Waals surface area contributed by atoms with E-state index in [2.05, 4.69) is 65.8 Å². The highest BCUT2D eigenvalue weighted by Crippen LogP contribution is 2.15. The first-order valence-corrected chi connectivity index (χ1v) is 9.44. The van der Waals surface area contributed by atoms with Crippen LogP contribution in [0.3, 0.4) is 0 Å². The molecule has 0 radical (unpaired) electrons. The first-order chi connectivity index (χ1) is 12.4. The normalized spacial score (nSPS) is 11.4. The number of aromatic nitrogens is 2. The number of rotatable bonds is 7. The van der Waals surface area contributed by atoms with Crippen LogP contribution in [0.1, 0.15) is 54.3 Å². The van der Waals surface area contributed by atoms with Gasteiger partial charge in [-0.2, -0.15) is 5.10 Å². The van der Waals surface area contributed by atoms with Crippen LogP contribution in [-0.4, -0.2) is 29.3 Å². The third-order valence-corrected chi connectivity index (χ3v) is 4.90. The van der Waals surface area contributed by atoms with Crippen LogP contribution in [0.4, 0.5) is 0 Å². The summed E-state index contributed by atoms with van der Waals surface area (Å²) in [6, 6.07) is 8.98. The molecule has 2 aromatic rings. The molecule has 0 fully saturated rings. The van der Waals surface area contributed by atoms with Crippen LogP contribution < -0.4 is 10.6 Å². The lowest BCUT2D eigenvalue weighted by atomic mass is 10.0. The van der Waals surface area contributed by atoms with Crippen molar-refractivity contribution in [2.24, 2.45) is 12.0 Å². The predicted octanol–water partition coefficient (Wildman–Crippen LogP) is 4.08. The second kappa shape index (κ2) is 11.3. The molecule has 0 saturated carbocycles. The van der Waals surface area contributed by atoms with E-state index >= 15 is 0 Å². The standard InChI is InChI=1S/C21H33N5.HI/c1-15(2)19-11-9-18(10-12-19)8-7-13-23-21(22-5)24-14-20-16(3)25-26(6)17(20)4;/h9-12,15H,7-8,13-14H2,1-6H3,(H2,22,23,24);1H. The average Bonchev–Trinajstić information content (AvgIpc) is 2.87. The van der Waals surface area contributed by atoms with Crippen LogP contribution in [0.2, 0.25) is 0 Å². The number of hydrogen-bond donors (Lipinski definition) is 2. The quantitative estimate of drug-likeness (QED) is 0.270. The average molecular weight is 483 g/mol. The Bertz CT molecular complexity index is 732. The smallest absolute Gasteiger partial charge is 0.191 e. The minimum absolute atomic E-state index is 0. The van der Waals surface area contributed by atoms with Crippen molar-refractivity contribution in [3.63, 3.8) is 0 Å². The summed E-state index contributed by atoms with van der Waals surface area (Å²) in [7, 11) is 3.79. The SMILES string of the molecule is CN=C(NCCCc1ccc(C(C)C)cc1)NCc1c(C)nn(C)c1C.I. The monoisotopic (exact) mass is 483 g/mol. The first kappa shape index (κ1) is 23.5. The number of benzene rings is 1. The Hall–Kier alpha value is -1.57. The van der Waals surface area contributed by atoms with Gasteiger partial charge in [0.05, 0.1) is 5.69 Å². The minimum Gasteiger partial charge on any atom is -0.356 e. The molecule has 0 aliphatic carbocycles. The fourth-order valence-electron chi connectivity index (χ4n) is 3.03. The molecule has 0 bridgehead atoms. The summed E-state index contributed by atoms with van der Waals surface area (Å²) in [5, 5.41) is 11.2. The van der Waals surface area contributed by atoms with Crippen molar-refractivity contribution in [2.75, 3.05) is 13.6 Å². The molecule has 5 nitrogen and oxygen atoms in total. The van der Waals surface area contributed by atoms with E-state index in [0.29, 0.717) is 5.92 Å². The van der Waals surface area contributed by atoms with E-state index in [1.54, 1.807) is 0 Å². The van der Waals surface area contributed by atoms with Gasteiger partial charge in [-0.3, -0.25) is 9.67 Å². The van der Waals surface area contributed by atoms with Crippen molar-refractivity contribution in [3.05, 3.63) is 52.3 Å². The highest BCUT2D eigenvalue weighted by molar-refractivity contribution is 14.0. The van der Waals surface area contributed by atoms with Gasteiger partial charge >= 0.3 is 0 Å². The van der Waals surface area contributed by atoms with Crippen molar-refractivity contribution in [3.8, 4) is 0 Å². The Balaban J connectivity index is 0.00000364. The van der Waals surface area contributed by atoms with Gasteiger partial charge in [-0.25, -0.2) is 0 Å². The van der Waals surface area contributed by atoms with Crippen molar-refractivity contribution in [2.45, 2.75) is 53.0 Å². The number of halogens is 1. The predicted molar refractivity (Wildman–Crippen MR) is 125 cm³/mol. The Morgan fingerprint density at radius 3 is 2.33 bits per heavy atom. The lowest BCUT2D eigenvalue weighted by Crippen LogP contribution is -2.37. The van der Waals surface area contributed by atoms with Gasteiger partial charge in [0.1, 0.15) is 0 Å². The molecule has 1 aromatic carbocycles. The van der Waals surface area contributed by atoms with Gasteiger partial charge in [0, 0.05) is 38.4 Å². The molecule has 0 amide bonds. The van der Waals surface area contributed by atoms with Gasteiger partial charge in [-0.05, 0) is 43.7 Å². The van der Waals surface area contributed by atoms with Gasteiger partial charge < -0.3 is 10.6 Å². The first-order valence-electron chi connectivity index (χ1n) is 9.44. The highest BCUT2D eigenvalue weighted by Gasteiger charge is 2.09. The zero-order valence-electron chi connectivity index (χ0n) is 17.5. The zero-order valence-corrected chi connectivity index (χ0v) is 19.8.